The van der Waals surface area contributed by atoms with Gasteiger partial charge in [-0.25, -0.2) is 0 Å². The van der Waals surface area contributed by atoms with Crippen molar-refractivity contribution in [1.29, 1.82) is 0 Å². The van der Waals surface area contributed by atoms with Gasteiger partial charge in [0.15, 0.2) is 0 Å². The van der Waals surface area contributed by atoms with E-state index in [4.69, 9.17) is 21.1 Å². The Balaban J connectivity index is 1.91. The van der Waals surface area contributed by atoms with E-state index in [0.29, 0.717) is 13.2 Å². The maximum absolute atomic E-state index is 11.6. The number of fused-ring (bicyclic) bond motifs is 1. The van der Waals surface area contributed by atoms with Gasteiger partial charge in [-0.2, -0.15) is 0 Å². The van der Waals surface area contributed by atoms with Gasteiger partial charge in [0.2, 0.25) is 0 Å². The quantitative estimate of drug-likeness (QED) is 0.726. The molecule has 4 nitrogen and oxygen atoms in total. The fraction of sp³-hybridized carbons (Fsp3) is 0.562. The van der Waals surface area contributed by atoms with Crippen molar-refractivity contribution in [1.82, 2.24) is 4.90 Å². The summed E-state index contributed by atoms with van der Waals surface area (Å²) >= 11 is 6.00. The number of halogens is 1. The molecular weight excluding hydrogens is 290 g/mol. The average Bonchev–Trinajstić information content (AvgIpc) is 2.80. The van der Waals surface area contributed by atoms with Crippen molar-refractivity contribution in [2.45, 2.75) is 32.8 Å². The largest absolute Gasteiger partial charge is 0.488 e. The highest BCUT2D eigenvalue weighted by Crippen LogP contribution is 2.31. The molecule has 0 aliphatic carbocycles. The van der Waals surface area contributed by atoms with Crippen LogP contribution < -0.4 is 4.74 Å². The van der Waals surface area contributed by atoms with Crippen molar-refractivity contribution < 1.29 is 14.3 Å². The monoisotopic (exact) mass is 311 g/mol. The van der Waals surface area contributed by atoms with Crippen LogP contribution >= 0.6 is 11.6 Å². The first kappa shape index (κ1) is 16.1. The first-order chi connectivity index (χ1) is 10.1. The van der Waals surface area contributed by atoms with E-state index >= 15 is 0 Å². The molecule has 1 aromatic rings. The average molecular weight is 312 g/mol. The molecule has 5 heteroatoms. The first-order valence-electron chi connectivity index (χ1n) is 7.45. The number of hydrogen-bond donors (Lipinski definition) is 0. The maximum Gasteiger partial charge on any atom is 0.320 e. The van der Waals surface area contributed by atoms with Crippen LogP contribution in [0.1, 0.15) is 25.8 Å². The summed E-state index contributed by atoms with van der Waals surface area (Å²) in [4.78, 5) is 13.7. The highest BCUT2D eigenvalue weighted by molar-refractivity contribution is 6.30. The van der Waals surface area contributed by atoms with Crippen LogP contribution in [0, 0.1) is 0 Å². The van der Waals surface area contributed by atoms with Gasteiger partial charge < -0.3 is 9.47 Å². The van der Waals surface area contributed by atoms with Gasteiger partial charge in [0.1, 0.15) is 11.9 Å². The van der Waals surface area contributed by atoms with Crippen LogP contribution in [0.25, 0.3) is 0 Å². The van der Waals surface area contributed by atoms with E-state index < -0.39 is 0 Å². The molecule has 1 heterocycles. The zero-order valence-electron chi connectivity index (χ0n) is 12.6. The normalized spacial score (nSPS) is 16.7. The lowest BCUT2D eigenvalue weighted by Gasteiger charge is -2.23. The highest BCUT2D eigenvalue weighted by Gasteiger charge is 2.25. The van der Waals surface area contributed by atoms with Gasteiger partial charge >= 0.3 is 5.97 Å². The lowest BCUT2D eigenvalue weighted by molar-refractivity contribution is -0.144. The Hall–Kier alpha value is -1.26. The van der Waals surface area contributed by atoms with Crippen molar-refractivity contribution in [3.8, 4) is 5.75 Å². The molecule has 0 radical (unpaired) electrons. The number of carbonyl (C=O) groups excluding carboxylic acids is 1. The van der Waals surface area contributed by atoms with E-state index in [1.54, 1.807) is 0 Å². The molecule has 0 bridgehead atoms. The minimum absolute atomic E-state index is 0.0689. The minimum atomic E-state index is -0.176. The molecule has 116 valence electrons. The smallest absolute Gasteiger partial charge is 0.320 e. The topological polar surface area (TPSA) is 38.8 Å². The lowest BCUT2D eigenvalue weighted by Crippen LogP contribution is -2.39. The molecule has 0 saturated carbocycles. The number of benzene rings is 1. The van der Waals surface area contributed by atoms with E-state index in [2.05, 4.69) is 11.8 Å². The number of carbonyl (C=O) groups is 1. The molecule has 0 saturated heterocycles. The Morgan fingerprint density at radius 2 is 2.29 bits per heavy atom. The summed E-state index contributed by atoms with van der Waals surface area (Å²) in [5, 5.41) is 0.731. The van der Waals surface area contributed by atoms with E-state index in [1.165, 1.54) is 0 Å². The zero-order chi connectivity index (χ0) is 15.2. The summed E-state index contributed by atoms with van der Waals surface area (Å²) in [6.45, 7) is 6.24. The molecular formula is C16H22ClNO3. The molecule has 1 unspecified atom stereocenters. The Kier molecular flexibility index (Phi) is 5.88. The number of nitrogens with zero attached hydrogens (tertiary/aromatic N) is 1. The molecule has 0 fully saturated rings. The third-order valence-corrected chi connectivity index (χ3v) is 3.66. The molecule has 21 heavy (non-hydrogen) atoms. The van der Waals surface area contributed by atoms with Crippen LogP contribution in [-0.2, 0) is 16.0 Å². The third kappa shape index (κ3) is 4.61. The number of hydrogen-bond acceptors (Lipinski definition) is 4. The molecule has 2 rings (SSSR count). The van der Waals surface area contributed by atoms with Crippen molar-refractivity contribution in [2.75, 3.05) is 26.2 Å². The summed E-state index contributed by atoms with van der Waals surface area (Å²) in [5.41, 5.74) is 1.14. The molecule has 1 atom stereocenters. The van der Waals surface area contributed by atoms with Gasteiger partial charge in [-0.15, -0.1) is 0 Å². The number of rotatable bonds is 7. The van der Waals surface area contributed by atoms with Gasteiger partial charge in [-0.3, -0.25) is 9.69 Å². The van der Waals surface area contributed by atoms with Crippen LogP contribution in [0.3, 0.4) is 0 Å². The van der Waals surface area contributed by atoms with Gasteiger partial charge in [-0.1, -0.05) is 18.5 Å². The van der Waals surface area contributed by atoms with Gasteiger partial charge in [0.25, 0.3) is 0 Å². The SMILES string of the molecule is CCCN(CC(=O)OCC)CC1Cc2cc(Cl)ccc2O1. The minimum Gasteiger partial charge on any atom is -0.488 e. The van der Waals surface area contributed by atoms with E-state index in [0.717, 1.165) is 42.3 Å². The van der Waals surface area contributed by atoms with Crippen molar-refractivity contribution >= 4 is 17.6 Å². The molecule has 1 aromatic carbocycles. The Bertz CT molecular complexity index is 492. The summed E-state index contributed by atoms with van der Waals surface area (Å²) in [6.07, 6.45) is 1.89. The van der Waals surface area contributed by atoms with Crippen LogP contribution in [-0.4, -0.2) is 43.2 Å². The molecule has 0 amide bonds. The van der Waals surface area contributed by atoms with Crippen LogP contribution in [0.4, 0.5) is 0 Å². The summed E-state index contributed by atoms with van der Waals surface area (Å²) in [5.74, 6) is 0.724. The predicted molar refractivity (Wildman–Crippen MR) is 82.9 cm³/mol. The van der Waals surface area contributed by atoms with Gasteiger partial charge in [0.05, 0.1) is 13.2 Å². The zero-order valence-corrected chi connectivity index (χ0v) is 13.4. The van der Waals surface area contributed by atoms with Gasteiger partial charge in [-0.05, 0) is 43.7 Å². The molecule has 1 aliphatic heterocycles. The van der Waals surface area contributed by atoms with Gasteiger partial charge in [0, 0.05) is 18.0 Å². The van der Waals surface area contributed by atoms with E-state index in [-0.39, 0.29) is 12.1 Å². The van der Waals surface area contributed by atoms with Crippen molar-refractivity contribution in [3.63, 3.8) is 0 Å². The second-order valence-corrected chi connectivity index (χ2v) is 5.67. The molecule has 0 aromatic heterocycles. The summed E-state index contributed by atoms with van der Waals surface area (Å²) < 4.78 is 10.9. The molecule has 0 spiro atoms. The van der Waals surface area contributed by atoms with Crippen LogP contribution in [0.15, 0.2) is 18.2 Å². The Labute approximate surface area is 131 Å². The Morgan fingerprint density at radius 3 is 3.00 bits per heavy atom. The second-order valence-electron chi connectivity index (χ2n) is 5.24. The summed E-state index contributed by atoms with van der Waals surface area (Å²) in [6, 6.07) is 5.70. The highest BCUT2D eigenvalue weighted by atomic mass is 35.5. The molecule has 1 aliphatic rings. The van der Waals surface area contributed by atoms with Crippen LogP contribution in [0.2, 0.25) is 5.02 Å². The second kappa shape index (κ2) is 7.66. The van der Waals surface area contributed by atoms with Crippen molar-refractivity contribution in [2.24, 2.45) is 0 Å². The van der Waals surface area contributed by atoms with E-state index in [9.17, 15) is 4.79 Å². The number of ether oxygens (including phenoxy) is 2. The van der Waals surface area contributed by atoms with Crippen molar-refractivity contribution in [3.05, 3.63) is 28.8 Å². The van der Waals surface area contributed by atoms with E-state index in [1.807, 2.05) is 25.1 Å². The fourth-order valence-corrected chi connectivity index (χ4v) is 2.81. The third-order valence-electron chi connectivity index (χ3n) is 3.42. The fourth-order valence-electron chi connectivity index (χ4n) is 2.62. The first-order valence-corrected chi connectivity index (χ1v) is 7.83. The molecule has 0 N–H and O–H groups in total. The summed E-state index contributed by atoms with van der Waals surface area (Å²) in [7, 11) is 0. The van der Waals surface area contributed by atoms with Crippen LogP contribution in [0.5, 0.6) is 5.75 Å². The number of esters is 1. The lowest BCUT2D eigenvalue weighted by atomic mass is 10.1. The predicted octanol–water partition coefficient (Wildman–Crippen LogP) is 2.92. The standard InChI is InChI=1S/C16H22ClNO3/c1-3-7-18(11-16(19)20-4-2)10-14-9-12-8-13(17)5-6-15(12)21-14/h5-6,8,14H,3-4,7,9-11H2,1-2H3. The maximum atomic E-state index is 11.6. The Morgan fingerprint density at radius 1 is 1.48 bits per heavy atom.